The van der Waals surface area contributed by atoms with E-state index in [0.717, 1.165) is 32.4 Å². The SMILES string of the molecule is NC(=O)c1ccc(-c2cncc3c2SC(C(=O)O)C3)c2ccccc12. The molecule has 2 aromatic carbocycles. The lowest BCUT2D eigenvalue weighted by Crippen LogP contribution is -2.14. The molecule has 1 aromatic heterocycles. The number of nitrogens with two attached hydrogens (primary N) is 1. The van der Waals surface area contributed by atoms with Crippen molar-refractivity contribution in [1.29, 1.82) is 0 Å². The summed E-state index contributed by atoms with van der Waals surface area (Å²) in [5.41, 5.74) is 8.71. The van der Waals surface area contributed by atoms with E-state index < -0.39 is 17.1 Å². The Hall–Kier alpha value is -2.86. The summed E-state index contributed by atoms with van der Waals surface area (Å²) in [6.45, 7) is 0. The Morgan fingerprint density at radius 3 is 2.56 bits per heavy atom. The number of nitrogens with zero attached hydrogens (tertiary/aromatic N) is 1. The molecule has 1 aliphatic rings. The van der Waals surface area contributed by atoms with E-state index in [-0.39, 0.29) is 0 Å². The number of hydrogen-bond acceptors (Lipinski definition) is 4. The molecule has 3 N–H and O–H groups in total. The topological polar surface area (TPSA) is 93.3 Å². The van der Waals surface area contributed by atoms with Gasteiger partial charge in [-0.05, 0) is 34.4 Å². The monoisotopic (exact) mass is 350 g/mol. The summed E-state index contributed by atoms with van der Waals surface area (Å²) in [7, 11) is 0. The van der Waals surface area contributed by atoms with Gasteiger partial charge in [-0.3, -0.25) is 14.6 Å². The largest absolute Gasteiger partial charge is 0.480 e. The highest BCUT2D eigenvalue weighted by Crippen LogP contribution is 2.44. The minimum atomic E-state index is -0.818. The Morgan fingerprint density at radius 1 is 1.08 bits per heavy atom. The first-order chi connectivity index (χ1) is 12.1. The highest BCUT2D eigenvalue weighted by atomic mass is 32.2. The average molecular weight is 350 g/mol. The summed E-state index contributed by atoms with van der Waals surface area (Å²) in [4.78, 5) is 28.3. The van der Waals surface area contributed by atoms with Crippen LogP contribution in [0.1, 0.15) is 15.9 Å². The molecule has 0 saturated carbocycles. The maximum Gasteiger partial charge on any atom is 0.317 e. The van der Waals surface area contributed by atoms with Crippen LogP contribution < -0.4 is 5.73 Å². The molecule has 1 aliphatic heterocycles. The predicted molar refractivity (Wildman–Crippen MR) is 96.7 cm³/mol. The van der Waals surface area contributed by atoms with Crippen molar-refractivity contribution >= 4 is 34.4 Å². The molecule has 0 saturated heterocycles. The van der Waals surface area contributed by atoms with Gasteiger partial charge in [-0.25, -0.2) is 0 Å². The molecule has 2 heterocycles. The van der Waals surface area contributed by atoms with E-state index in [1.54, 1.807) is 18.5 Å². The van der Waals surface area contributed by atoms with Crippen LogP contribution >= 0.6 is 11.8 Å². The van der Waals surface area contributed by atoms with Crippen molar-refractivity contribution in [3.63, 3.8) is 0 Å². The lowest BCUT2D eigenvalue weighted by Gasteiger charge is -2.12. The summed E-state index contributed by atoms with van der Waals surface area (Å²) in [6.07, 6.45) is 3.95. The Morgan fingerprint density at radius 2 is 1.84 bits per heavy atom. The van der Waals surface area contributed by atoms with E-state index >= 15 is 0 Å². The van der Waals surface area contributed by atoms with Gasteiger partial charge in [0.05, 0.1) is 0 Å². The fourth-order valence-electron chi connectivity index (χ4n) is 3.24. The number of carbonyl (C=O) groups is 2. The highest BCUT2D eigenvalue weighted by Gasteiger charge is 2.30. The predicted octanol–water partition coefficient (Wildman–Crippen LogP) is 3.10. The van der Waals surface area contributed by atoms with Crippen LogP contribution in [0, 0.1) is 0 Å². The zero-order valence-corrected chi connectivity index (χ0v) is 13.9. The van der Waals surface area contributed by atoms with E-state index in [2.05, 4.69) is 4.98 Å². The maximum atomic E-state index is 11.7. The van der Waals surface area contributed by atoms with Crippen LogP contribution in [0.15, 0.2) is 53.7 Å². The molecule has 1 amide bonds. The smallest absolute Gasteiger partial charge is 0.317 e. The second kappa shape index (κ2) is 5.89. The number of carboxylic acid groups (broad SMARTS) is 1. The minimum absolute atomic E-state index is 0.466. The van der Waals surface area contributed by atoms with E-state index in [9.17, 15) is 14.7 Å². The van der Waals surface area contributed by atoms with Gasteiger partial charge >= 0.3 is 5.97 Å². The van der Waals surface area contributed by atoms with E-state index in [0.29, 0.717) is 12.0 Å². The molecule has 0 radical (unpaired) electrons. The molecule has 0 aliphatic carbocycles. The second-order valence-corrected chi connectivity index (χ2v) is 7.11. The molecule has 0 fully saturated rings. The van der Waals surface area contributed by atoms with Crippen LogP contribution in [-0.4, -0.2) is 27.2 Å². The van der Waals surface area contributed by atoms with E-state index in [1.165, 1.54) is 11.8 Å². The molecular formula is C19H14N2O3S. The van der Waals surface area contributed by atoms with Crippen LogP contribution in [0.4, 0.5) is 0 Å². The molecule has 124 valence electrons. The Bertz CT molecular complexity index is 1030. The van der Waals surface area contributed by atoms with Crippen LogP contribution in [0.2, 0.25) is 0 Å². The minimum Gasteiger partial charge on any atom is -0.480 e. The van der Waals surface area contributed by atoms with Gasteiger partial charge in [0.15, 0.2) is 0 Å². The Kier molecular flexibility index (Phi) is 3.69. The van der Waals surface area contributed by atoms with E-state index in [4.69, 9.17) is 5.73 Å². The maximum absolute atomic E-state index is 11.7. The Balaban J connectivity index is 1.94. The summed E-state index contributed by atoms with van der Waals surface area (Å²) in [5, 5.41) is 10.5. The van der Waals surface area contributed by atoms with Gasteiger partial charge in [0, 0.05) is 28.4 Å². The van der Waals surface area contributed by atoms with Crippen LogP contribution in [-0.2, 0) is 11.2 Å². The number of aliphatic carboxylic acids is 1. The number of aromatic nitrogens is 1. The highest BCUT2D eigenvalue weighted by molar-refractivity contribution is 8.01. The lowest BCUT2D eigenvalue weighted by molar-refractivity contribution is -0.136. The molecule has 4 rings (SSSR count). The quantitative estimate of drug-likeness (QED) is 0.757. The van der Waals surface area contributed by atoms with Crippen LogP contribution in [0.25, 0.3) is 21.9 Å². The van der Waals surface area contributed by atoms with Gasteiger partial charge in [0.2, 0.25) is 5.91 Å². The molecule has 6 heteroatoms. The third kappa shape index (κ3) is 2.55. The van der Waals surface area contributed by atoms with Crippen molar-refractivity contribution in [2.75, 3.05) is 0 Å². The van der Waals surface area contributed by atoms with Crippen molar-refractivity contribution in [2.24, 2.45) is 5.73 Å². The zero-order valence-electron chi connectivity index (χ0n) is 13.1. The molecule has 25 heavy (non-hydrogen) atoms. The third-order valence-corrected chi connectivity index (χ3v) is 5.76. The first-order valence-electron chi connectivity index (χ1n) is 7.74. The number of fused-ring (bicyclic) bond motifs is 2. The first-order valence-corrected chi connectivity index (χ1v) is 8.62. The molecule has 1 unspecified atom stereocenters. The Labute approximate surface area is 147 Å². The van der Waals surface area contributed by atoms with Gasteiger partial charge < -0.3 is 10.8 Å². The van der Waals surface area contributed by atoms with Gasteiger partial charge in [-0.15, -0.1) is 11.8 Å². The van der Waals surface area contributed by atoms with Gasteiger partial charge in [0.25, 0.3) is 0 Å². The molecule has 0 spiro atoms. The zero-order chi connectivity index (χ0) is 17.6. The van der Waals surface area contributed by atoms with Crippen molar-refractivity contribution in [3.8, 4) is 11.1 Å². The van der Waals surface area contributed by atoms with Gasteiger partial charge in [-0.2, -0.15) is 0 Å². The molecular weight excluding hydrogens is 336 g/mol. The summed E-state index contributed by atoms with van der Waals surface area (Å²) >= 11 is 1.35. The first kappa shape index (κ1) is 15.7. The number of pyridine rings is 1. The number of hydrogen-bond donors (Lipinski definition) is 2. The van der Waals surface area contributed by atoms with E-state index in [1.807, 2.05) is 30.3 Å². The summed E-state index contributed by atoms with van der Waals surface area (Å²) in [5.74, 6) is -1.29. The second-order valence-electron chi connectivity index (χ2n) is 5.89. The fourth-order valence-corrected chi connectivity index (χ4v) is 4.46. The fraction of sp³-hybridized carbons (Fsp3) is 0.105. The molecule has 5 nitrogen and oxygen atoms in total. The number of carboxylic acids is 1. The van der Waals surface area contributed by atoms with Crippen molar-refractivity contribution in [3.05, 3.63) is 59.9 Å². The number of primary amides is 1. The average Bonchev–Trinajstić information content (AvgIpc) is 3.05. The molecule has 3 aromatic rings. The standard InChI is InChI=1S/C19H14N2O3S/c20-18(22)14-6-5-13(11-3-1-2-4-12(11)14)15-9-21-8-10-7-16(19(23)24)25-17(10)15/h1-6,8-9,16H,7H2,(H2,20,22)(H,23,24). The van der Waals surface area contributed by atoms with Gasteiger partial charge in [-0.1, -0.05) is 30.3 Å². The third-order valence-electron chi connectivity index (χ3n) is 4.39. The number of carbonyl (C=O) groups excluding carboxylic acids is 1. The van der Waals surface area contributed by atoms with Crippen LogP contribution in [0.5, 0.6) is 0 Å². The van der Waals surface area contributed by atoms with Crippen molar-refractivity contribution < 1.29 is 14.7 Å². The number of benzene rings is 2. The van der Waals surface area contributed by atoms with Crippen LogP contribution in [0.3, 0.4) is 0 Å². The summed E-state index contributed by atoms with van der Waals surface area (Å²) in [6, 6.07) is 11.1. The lowest BCUT2D eigenvalue weighted by atomic mass is 9.94. The number of thioether (sulfide) groups is 1. The van der Waals surface area contributed by atoms with Crippen molar-refractivity contribution in [2.45, 2.75) is 16.6 Å². The van der Waals surface area contributed by atoms with Gasteiger partial charge in [0.1, 0.15) is 5.25 Å². The number of rotatable bonds is 3. The molecule has 0 bridgehead atoms. The molecule has 1 atom stereocenters. The normalized spacial score (nSPS) is 15.9. The van der Waals surface area contributed by atoms with Crippen molar-refractivity contribution in [1.82, 2.24) is 4.98 Å². The summed E-state index contributed by atoms with van der Waals surface area (Å²) < 4.78 is 0. The number of amides is 1.